The topological polar surface area (TPSA) is 123 Å². The first-order valence-corrected chi connectivity index (χ1v) is 12.4. The highest BCUT2D eigenvalue weighted by atomic mass is 16.5. The molecule has 0 heterocycles. The summed E-state index contributed by atoms with van der Waals surface area (Å²) in [4.78, 5) is 26.4. The van der Waals surface area contributed by atoms with Crippen molar-refractivity contribution in [3.05, 3.63) is 70.8 Å². The molecule has 0 radical (unpaired) electrons. The van der Waals surface area contributed by atoms with E-state index in [0.717, 1.165) is 22.3 Å². The number of aryl methyl sites for hydroxylation is 2. The SMILES string of the molecule is CCN(CC)C(=O)C(C#N)CCc1cccc(CCOC(=O)N[C@@H](Cc2ccc(C)cc2)B(O)O)c1. The Bertz CT molecular complexity index is 1020. The maximum absolute atomic E-state index is 12.5. The van der Waals surface area contributed by atoms with Crippen LogP contribution in [0.4, 0.5) is 4.79 Å². The van der Waals surface area contributed by atoms with Crippen LogP contribution in [0.3, 0.4) is 0 Å². The Morgan fingerprint density at radius 2 is 1.69 bits per heavy atom. The van der Waals surface area contributed by atoms with Crippen molar-refractivity contribution in [2.24, 2.45) is 5.92 Å². The molecule has 2 amide bonds. The summed E-state index contributed by atoms with van der Waals surface area (Å²) in [5.41, 5.74) is 3.93. The van der Waals surface area contributed by atoms with Gasteiger partial charge in [0.2, 0.25) is 5.91 Å². The van der Waals surface area contributed by atoms with Crippen LogP contribution in [0.5, 0.6) is 0 Å². The Balaban J connectivity index is 1.83. The van der Waals surface area contributed by atoms with E-state index in [0.29, 0.717) is 32.4 Å². The Morgan fingerprint density at radius 1 is 1.06 bits per heavy atom. The molecule has 9 heteroatoms. The van der Waals surface area contributed by atoms with Crippen LogP contribution in [0.25, 0.3) is 0 Å². The van der Waals surface area contributed by atoms with Crippen LogP contribution in [-0.2, 0) is 28.8 Å². The van der Waals surface area contributed by atoms with Gasteiger partial charge in [0.25, 0.3) is 0 Å². The second kappa shape index (κ2) is 14.9. The van der Waals surface area contributed by atoms with Gasteiger partial charge in [0, 0.05) is 19.5 Å². The van der Waals surface area contributed by atoms with Gasteiger partial charge in [-0.3, -0.25) is 4.79 Å². The highest BCUT2D eigenvalue weighted by Crippen LogP contribution is 2.15. The van der Waals surface area contributed by atoms with Crippen LogP contribution in [0.1, 0.15) is 42.5 Å². The predicted octanol–water partition coefficient (Wildman–Crippen LogP) is 2.83. The lowest BCUT2D eigenvalue weighted by Crippen LogP contribution is -2.48. The number of ether oxygens (including phenoxy) is 1. The zero-order valence-corrected chi connectivity index (χ0v) is 21.3. The molecular weight excluding hydrogens is 457 g/mol. The Labute approximate surface area is 214 Å². The van der Waals surface area contributed by atoms with Gasteiger partial charge in [-0.2, -0.15) is 5.26 Å². The molecule has 3 N–H and O–H groups in total. The molecule has 0 saturated heterocycles. The average molecular weight is 493 g/mol. The first-order valence-electron chi connectivity index (χ1n) is 12.4. The number of carbonyl (C=O) groups excluding carboxylic acids is 2. The molecule has 0 saturated carbocycles. The number of nitriles is 1. The van der Waals surface area contributed by atoms with E-state index in [2.05, 4.69) is 11.4 Å². The van der Waals surface area contributed by atoms with Crippen LogP contribution in [0.15, 0.2) is 48.5 Å². The summed E-state index contributed by atoms with van der Waals surface area (Å²) < 4.78 is 5.26. The lowest BCUT2D eigenvalue weighted by atomic mass is 9.76. The van der Waals surface area contributed by atoms with Gasteiger partial charge in [-0.1, -0.05) is 54.1 Å². The van der Waals surface area contributed by atoms with Crippen molar-refractivity contribution in [1.29, 1.82) is 5.26 Å². The molecule has 0 aliphatic heterocycles. The highest BCUT2D eigenvalue weighted by Gasteiger charge is 2.26. The van der Waals surface area contributed by atoms with Gasteiger partial charge in [0.1, 0.15) is 5.92 Å². The minimum Gasteiger partial charge on any atom is -0.449 e. The van der Waals surface area contributed by atoms with Crippen LogP contribution < -0.4 is 5.32 Å². The molecule has 2 rings (SSSR count). The lowest BCUT2D eigenvalue weighted by molar-refractivity contribution is -0.133. The molecule has 0 aromatic heterocycles. The van der Waals surface area contributed by atoms with Gasteiger partial charge in [-0.05, 0) is 56.7 Å². The van der Waals surface area contributed by atoms with Gasteiger partial charge in [0.05, 0.1) is 18.6 Å². The maximum Gasteiger partial charge on any atom is 0.475 e. The number of alkyl carbamates (subject to hydrolysis) is 1. The van der Waals surface area contributed by atoms with Crippen LogP contribution in [-0.4, -0.2) is 59.7 Å². The average Bonchev–Trinajstić information content (AvgIpc) is 2.86. The fourth-order valence-corrected chi connectivity index (χ4v) is 3.91. The Hall–Kier alpha value is -3.35. The van der Waals surface area contributed by atoms with Crippen molar-refractivity contribution in [3.8, 4) is 6.07 Å². The third-order valence-electron chi connectivity index (χ3n) is 6.11. The highest BCUT2D eigenvalue weighted by molar-refractivity contribution is 6.43. The molecule has 0 bridgehead atoms. The summed E-state index contributed by atoms with van der Waals surface area (Å²) in [5, 5.41) is 31.3. The molecular formula is C27H36BN3O5. The zero-order chi connectivity index (χ0) is 26.5. The van der Waals surface area contributed by atoms with E-state index in [4.69, 9.17) is 4.74 Å². The molecule has 0 spiro atoms. The summed E-state index contributed by atoms with van der Waals surface area (Å²) in [6, 6.07) is 17.5. The first-order chi connectivity index (χ1) is 17.3. The summed E-state index contributed by atoms with van der Waals surface area (Å²) in [7, 11) is -1.72. The number of nitrogens with zero attached hydrogens (tertiary/aromatic N) is 2. The molecule has 2 aromatic rings. The number of rotatable bonds is 13. The van der Waals surface area contributed by atoms with E-state index < -0.39 is 25.1 Å². The Morgan fingerprint density at radius 3 is 2.28 bits per heavy atom. The summed E-state index contributed by atoms with van der Waals surface area (Å²) in [6.07, 6.45) is 1.06. The largest absolute Gasteiger partial charge is 0.475 e. The molecule has 0 fully saturated rings. The normalized spacial score (nSPS) is 12.2. The van der Waals surface area contributed by atoms with E-state index in [1.807, 2.05) is 69.3 Å². The number of carbonyl (C=O) groups is 2. The van der Waals surface area contributed by atoms with Crippen molar-refractivity contribution in [1.82, 2.24) is 10.2 Å². The third-order valence-corrected chi connectivity index (χ3v) is 6.11. The van der Waals surface area contributed by atoms with Gasteiger partial charge in [-0.15, -0.1) is 0 Å². The molecule has 2 aromatic carbocycles. The molecule has 1 unspecified atom stereocenters. The monoisotopic (exact) mass is 493 g/mol. The summed E-state index contributed by atoms with van der Waals surface area (Å²) >= 11 is 0. The number of hydrogen-bond donors (Lipinski definition) is 3. The number of amides is 2. The number of hydrogen-bond acceptors (Lipinski definition) is 6. The molecule has 0 aliphatic rings. The molecule has 36 heavy (non-hydrogen) atoms. The molecule has 0 aliphatic carbocycles. The van der Waals surface area contributed by atoms with E-state index >= 15 is 0 Å². The van der Waals surface area contributed by atoms with Gasteiger partial charge >= 0.3 is 13.2 Å². The fourth-order valence-electron chi connectivity index (χ4n) is 3.91. The Kier molecular flexibility index (Phi) is 12.0. The van der Waals surface area contributed by atoms with Gasteiger partial charge in [0.15, 0.2) is 0 Å². The maximum atomic E-state index is 12.5. The lowest BCUT2D eigenvalue weighted by Gasteiger charge is -2.21. The van der Waals surface area contributed by atoms with Crippen LogP contribution in [0, 0.1) is 24.2 Å². The number of nitrogens with one attached hydrogen (secondary N) is 1. The van der Waals surface area contributed by atoms with E-state index in [1.54, 1.807) is 4.90 Å². The minimum absolute atomic E-state index is 0.120. The van der Waals surface area contributed by atoms with E-state index in [1.165, 1.54) is 0 Å². The minimum atomic E-state index is -1.72. The van der Waals surface area contributed by atoms with Crippen molar-refractivity contribution < 1.29 is 24.4 Å². The second-order valence-electron chi connectivity index (χ2n) is 8.79. The van der Waals surface area contributed by atoms with Gasteiger partial charge < -0.3 is 25.0 Å². The summed E-state index contributed by atoms with van der Waals surface area (Å²) in [5.74, 6) is -1.70. The van der Waals surface area contributed by atoms with Crippen molar-refractivity contribution in [2.45, 2.75) is 52.4 Å². The van der Waals surface area contributed by atoms with E-state index in [-0.39, 0.29) is 18.9 Å². The summed E-state index contributed by atoms with van der Waals surface area (Å²) in [6.45, 7) is 7.05. The van der Waals surface area contributed by atoms with Crippen molar-refractivity contribution in [2.75, 3.05) is 19.7 Å². The second-order valence-corrected chi connectivity index (χ2v) is 8.79. The third kappa shape index (κ3) is 9.36. The van der Waals surface area contributed by atoms with Crippen molar-refractivity contribution >= 4 is 19.1 Å². The number of benzene rings is 2. The van der Waals surface area contributed by atoms with Gasteiger partial charge in [-0.25, -0.2) is 4.79 Å². The van der Waals surface area contributed by atoms with Crippen molar-refractivity contribution in [3.63, 3.8) is 0 Å². The van der Waals surface area contributed by atoms with Crippen LogP contribution >= 0.6 is 0 Å². The quantitative estimate of drug-likeness (QED) is 0.369. The first kappa shape index (κ1) is 28.9. The molecule has 192 valence electrons. The fraction of sp³-hybridized carbons (Fsp3) is 0.444. The molecule has 2 atom stereocenters. The predicted molar refractivity (Wildman–Crippen MR) is 139 cm³/mol. The van der Waals surface area contributed by atoms with E-state index in [9.17, 15) is 24.9 Å². The van der Waals surface area contributed by atoms with Crippen LogP contribution in [0.2, 0.25) is 0 Å². The smallest absolute Gasteiger partial charge is 0.449 e. The zero-order valence-electron chi connectivity index (χ0n) is 21.3. The standard InChI is InChI=1S/C27H36BN3O5/c1-4-31(5-2)26(32)24(19-29)14-13-21-7-6-8-22(17-21)15-16-36-27(33)30-25(28(34)35)18-23-11-9-20(3)10-12-23/h6-12,17,24-25,34-35H,4-5,13-16,18H2,1-3H3,(H,30,33)/t24?,25-/m0/s1. The molecule has 8 nitrogen and oxygen atoms in total.